The molecular formula is C15H17NO3. The van der Waals surface area contributed by atoms with Gasteiger partial charge in [0, 0.05) is 12.1 Å². The smallest absolute Gasteiger partial charge is 0.166 e. The van der Waals surface area contributed by atoms with Gasteiger partial charge in [-0.3, -0.25) is 0 Å². The third-order valence-corrected chi connectivity index (χ3v) is 2.82. The van der Waals surface area contributed by atoms with Crippen molar-refractivity contribution in [3.05, 3.63) is 53.6 Å². The molecule has 0 unspecified atom stereocenters. The molecule has 0 saturated heterocycles. The van der Waals surface area contributed by atoms with E-state index in [0.717, 1.165) is 11.1 Å². The Hall–Kier alpha value is -2.20. The summed E-state index contributed by atoms with van der Waals surface area (Å²) in [4.78, 5) is 0. The zero-order valence-corrected chi connectivity index (χ0v) is 10.8. The fraction of sp³-hybridized carbons (Fsp3) is 0.200. The Morgan fingerprint density at radius 1 is 1.11 bits per heavy atom. The Bertz CT molecular complexity index is 515. The van der Waals surface area contributed by atoms with Crippen LogP contribution in [0.15, 0.2) is 42.5 Å². The summed E-state index contributed by atoms with van der Waals surface area (Å²) >= 11 is 0. The zero-order valence-electron chi connectivity index (χ0n) is 10.8. The van der Waals surface area contributed by atoms with E-state index < -0.39 is 0 Å². The van der Waals surface area contributed by atoms with Gasteiger partial charge in [0.2, 0.25) is 0 Å². The number of phenolic OH excluding ortho intramolecular Hbond substituents is 1. The summed E-state index contributed by atoms with van der Waals surface area (Å²) in [7, 11) is 1.60. The van der Waals surface area contributed by atoms with Crippen LogP contribution in [-0.4, -0.2) is 12.2 Å². The summed E-state index contributed by atoms with van der Waals surface area (Å²) in [6.07, 6.45) is 0. The molecule has 0 aliphatic carbocycles. The number of hydrogen-bond donors (Lipinski definition) is 2. The molecule has 19 heavy (non-hydrogen) atoms. The number of methoxy groups -OCH3 is 1. The highest BCUT2D eigenvalue weighted by molar-refractivity contribution is 5.46. The van der Waals surface area contributed by atoms with Gasteiger partial charge >= 0.3 is 0 Å². The molecule has 2 aromatic rings. The highest BCUT2D eigenvalue weighted by Crippen LogP contribution is 2.31. The van der Waals surface area contributed by atoms with Crippen LogP contribution in [0.1, 0.15) is 11.1 Å². The molecule has 0 aliphatic heterocycles. The number of phenols is 1. The van der Waals surface area contributed by atoms with Gasteiger partial charge in [-0.25, -0.2) is 0 Å². The van der Waals surface area contributed by atoms with Gasteiger partial charge in [0.25, 0.3) is 0 Å². The quantitative estimate of drug-likeness (QED) is 0.865. The van der Waals surface area contributed by atoms with Crippen molar-refractivity contribution >= 4 is 0 Å². The van der Waals surface area contributed by atoms with Crippen LogP contribution < -0.4 is 15.2 Å². The van der Waals surface area contributed by atoms with Gasteiger partial charge in [0.1, 0.15) is 12.4 Å². The molecule has 0 aromatic heterocycles. The molecule has 2 aromatic carbocycles. The first kappa shape index (κ1) is 13.2. The lowest BCUT2D eigenvalue weighted by Crippen LogP contribution is -2.04. The number of hydrogen-bond acceptors (Lipinski definition) is 4. The number of rotatable bonds is 5. The van der Waals surface area contributed by atoms with Crippen molar-refractivity contribution in [1.29, 1.82) is 0 Å². The van der Waals surface area contributed by atoms with E-state index in [1.807, 2.05) is 30.3 Å². The lowest BCUT2D eigenvalue weighted by Gasteiger charge is -2.14. The van der Waals surface area contributed by atoms with E-state index in [1.54, 1.807) is 19.2 Å². The number of benzene rings is 2. The molecule has 0 amide bonds. The Morgan fingerprint density at radius 2 is 1.84 bits per heavy atom. The van der Waals surface area contributed by atoms with Crippen LogP contribution in [0.3, 0.4) is 0 Å². The minimum Gasteiger partial charge on any atom is -0.508 e. The molecular weight excluding hydrogens is 242 g/mol. The number of aromatic hydroxyl groups is 1. The normalized spacial score (nSPS) is 10.2. The number of ether oxygens (including phenoxy) is 2. The molecule has 4 nitrogen and oxygen atoms in total. The van der Waals surface area contributed by atoms with Crippen molar-refractivity contribution in [3.8, 4) is 17.2 Å². The zero-order chi connectivity index (χ0) is 13.7. The molecule has 3 N–H and O–H groups in total. The van der Waals surface area contributed by atoms with Gasteiger partial charge in [0.15, 0.2) is 11.5 Å². The Labute approximate surface area is 112 Å². The summed E-state index contributed by atoms with van der Waals surface area (Å²) < 4.78 is 11.1. The summed E-state index contributed by atoms with van der Waals surface area (Å²) in [6.45, 7) is 0.787. The maximum Gasteiger partial charge on any atom is 0.166 e. The van der Waals surface area contributed by atoms with Crippen molar-refractivity contribution in [3.63, 3.8) is 0 Å². The Balaban J connectivity index is 2.16. The Morgan fingerprint density at radius 3 is 2.47 bits per heavy atom. The van der Waals surface area contributed by atoms with E-state index in [0.29, 0.717) is 24.7 Å². The van der Waals surface area contributed by atoms with E-state index in [2.05, 4.69) is 0 Å². The molecule has 0 heterocycles. The first-order chi connectivity index (χ1) is 9.24. The fourth-order valence-electron chi connectivity index (χ4n) is 1.79. The van der Waals surface area contributed by atoms with E-state index in [9.17, 15) is 5.11 Å². The number of nitrogens with two attached hydrogens (primary N) is 1. The molecule has 0 spiro atoms. The molecule has 0 saturated carbocycles. The molecule has 100 valence electrons. The maximum absolute atomic E-state index is 9.23. The van der Waals surface area contributed by atoms with Crippen LogP contribution in [0.25, 0.3) is 0 Å². The van der Waals surface area contributed by atoms with Gasteiger partial charge in [-0.2, -0.15) is 0 Å². The predicted molar refractivity (Wildman–Crippen MR) is 73.3 cm³/mol. The van der Waals surface area contributed by atoms with Gasteiger partial charge in [-0.05, 0) is 23.8 Å². The first-order valence-corrected chi connectivity index (χ1v) is 6.01. The van der Waals surface area contributed by atoms with Crippen LogP contribution in [-0.2, 0) is 13.2 Å². The van der Waals surface area contributed by atoms with Crippen molar-refractivity contribution in [2.24, 2.45) is 5.73 Å². The summed E-state index contributed by atoms with van der Waals surface area (Å²) in [5, 5.41) is 9.23. The van der Waals surface area contributed by atoms with E-state index in [4.69, 9.17) is 15.2 Å². The van der Waals surface area contributed by atoms with Gasteiger partial charge in [0.05, 0.1) is 7.11 Å². The van der Waals surface area contributed by atoms with Gasteiger partial charge in [-0.1, -0.05) is 24.3 Å². The number of para-hydroxylation sites is 1. The second kappa shape index (κ2) is 6.11. The third kappa shape index (κ3) is 3.17. The standard InChI is InChI=1S/C15H17NO3/c1-18-14-4-2-3-12(9-16)15(14)19-10-11-5-7-13(17)8-6-11/h2-8,17H,9-10,16H2,1H3. The molecule has 0 fully saturated rings. The van der Waals surface area contributed by atoms with Crippen molar-refractivity contribution in [2.75, 3.05) is 7.11 Å². The van der Waals surface area contributed by atoms with Gasteiger partial charge < -0.3 is 20.3 Å². The van der Waals surface area contributed by atoms with Crippen LogP contribution in [0.5, 0.6) is 17.2 Å². The molecule has 0 atom stereocenters. The summed E-state index contributed by atoms with van der Waals surface area (Å²) in [5.74, 6) is 1.57. The molecule has 2 rings (SSSR count). The average Bonchev–Trinajstić information content (AvgIpc) is 2.46. The van der Waals surface area contributed by atoms with Crippen molar-refractivity contribution in [2.45, 2.75) is 13.2 Å². The molecule has 0 radical (unpaired) electrons. The Kier molecular flexibility index (Phi) is 4.26. The van der Waals surface area contributed by atoms with Crippen LogP contribution in [0.4, 0.5) is 0 Å². The maximum atomic E-state index is 9.23. The average molecular weight is 259 g/mol. The van der Waals surface area contributed by atoms with Crippen molar-refractivity contribution < 1.29 is 14.6 Å². The largest absolute Gasteiger partial charge is 0.508 e. The lowest BCUT2D eigenvalue weighted by atomic mass is 10.2. The summed E-state index contributed by atoms with van der Waals surface area (Å²) in [5.41, 5.74) is 7.56. The summed E-state index contributed by atoms with van der Waals surface area (Å²) in [6, 6.07) is 12.5. The van der Waals surface area contributed by atoms with E-state index in [1.165, 1.54) is 0 Å². The monoisotopic (exact) mass is 259 g/mol. The second-order valence-corrected chi connectivity index (χ2v) is 4.11. The van der Waals surface area contributed by atoms with Crippen LogP contribution in [0, 0.1) is 0 Å². The minimum atomic E-state index is 0.240. The van der Waals surface area contributed by atoms with E-state index in [-0.39, 0.29) is 5.75 Å². The van der Waals surface area contributed by atoms with Gasteiger partial charge in [-0.15, -0.1) is 0 Å². The first-order valence-electron chi connectivity index (χ1n) is 6.01. The fourth-order valence-corrected chi connectivity index (χ4v) is 1.79. The minimum absolute atomic E-state index is 0.240. The van der Waals surface area contributed by atoms with Crippen molar-refractivity contribution in [1.82, 2.24) is 0 Å². The third-order valence-electron chi connectivity index (χ3n) is 2.82. The van der Waals surface area contributed by atoms with Crippen LogP contribution in [0.2, 0.25) is 0 Å². The topological polar surface area (TPSA) is 64.7 Å². The lowest BCUT2D eigenvalue weighted by molar-refractivity contribution is 0.281. The molecule has 0 aliphatic rings. The van der Waals surface area contributed by atoms with Crippen LogP contribution >= 0.6 is 0 Å². The molecule has 4 heteroatoms. The SMILES string of the molecule is COc1cccc(CN)c1OCc1ccc(O)cc1. The molecule has 0 bridgehead atoms. The van der Waals surface area contributed by atoms with E-state index >= 15 is 0 Å². The second-order valence-electron chi connectivity index (χ2n) is 4.11. The predicted octanol–water partition coefficient (Wildman–Crippen LogP) is 2.44. The highest BCUT2D eigenvalue weighted by atomic mass is 16.5. The highest BCUT2D eigenvalue weighted by Gasteiger charge is 2.09.